The Bertz CT molecular complexity index is 557. The first kappa shape index (κ1) is 15.4. The molecule has 0 saturated carbocycles. The van der Waals surface area contributed by atoms with Crippen LogP contribution in [0.5, 0.6) is 0 Å². The number of rotatable bonds is 5. The van der Waals surface area contributed by atoms with E-state index in [9.17, 15) is 8.42 Å². The summed E-state index contributed by atoms with van der Waals surface area (Å²) in [6, 6.07) is 5.48. The highest BCUT2D eigenvalue weighted by Gasteiger charge is 2.13. The second-order valence-corrected chi connectivity index (χ2v) is 7.25. The van der Waals surface area contributed by atoms with Gasteiger partial charge in [0.25, 0.3) is 0 Å². The molecule has 0 spiro atoms. The molecular formula is C13H20ClN3O2S. The van der Waals surface area contributed by atoms with Gasteiger partial charge in [-0.05, 0) is 37.6 Å². The molecule has 5 nitrogen and oxygen atoms in total. The maximum absolute atomic E-state index is 11.2. The van der Waals surface area contributed by atoms with Crippen LogP contribution < -0.4 is 15.4 Å². The predicted molar refractivity (Wildman–Crippen MR) is 84.0 cm³/mol. The summed E-state index contributed by atoms with van der Waals surface area (Å²) in [5.74, 6) is 0. The molecule has 1 fully saturated rings. The topological polar surface area (TPSA) is 70.2 Å². The molecule has 1 saturated heterocycles. The van der Waals surface area contributed by atoms with Gasteiger partial charge in [-0.1, -0.05) is 18.0 Å². The van der Waals surface area contributed by atoms with Crippen LogP contribution in [0.3, 0.4) is 0 Å². The van der Waals surface area contributed by atoms with E-state index < -0.39 is 10.0 Å². The number of hydrogen-bond donors (Lipinski definition) is 3. The summed E-state index contributed by atoms with van der Waals surface area (Å²) in [5.41, 5.74) is 1.25. The molecule has 0 radical (unpaired) electrons. The van der Waals surface area contributed by atoms with Crippen molar-refractivity contribution in [1.82, 2.24) is 5.32 Å². The lowest BCUT2D eigenvalue weighted by Gasteiger charge is -2.24. The van der Waals surface area contributed by atoms with E-state index in [4.69, 9.17) is 11.6 Å². The van der Waals surface area contributed by atoms with Gasteiger partial charge in [-0.3, -0.25) is 4.72 Å². The second kappa shape index (κ2) is 6.65. The molecule has 112 valence electrons. The van der Waals surface area contributed by atoms with Crippen LogP contribution in [0.2, 0.25) is 5.02 Å². The van der Waals surface area contributed by atoms with Crippen LogP contribution in [0.4, 0.5) is 11.4 Å². The van der Waals surface area contributed by atoms with E-state index in [0.29, 0.717) is 16.8 Å². The number of anilines is 2. The standard InChI is InChI=1S/C13H20ClN3O2S/c1-20(18,19)17-10-5-6-12(14)13(8-10)16-9-11-4-2-3-7-15-11/h5-6,8,11,15-17H,2-4,7,9H2,1H3. The molecule has 7 heteroatoms. The number of hydrogen-bond acceptors (Lipinski definition) is 4. The fourth-order valence-electron chi connectivity index (χ4n) is 2.27. The van der Waals surface area contributed by atoms with Crippen LogP contribution in [0.15, 0.2) is 18.2 Å². The van der Waals surface area contributed by atoms with Crippen LogP contribution in [-0.2, 0) is 10.0 Å². The molecule has 0 aromatic heterocycles. The molecule has 0 bridgehead atoms. The van der Waals surface area contributed by atoms with Crippen LogP contribution >= 0.6 is 11.6 Å². The van der Waals surface area contributed by atoms with Gasteiger partial charge in [0.15, 0.2) is 0 Å². The smallest absolute Gasteiger partial charge is 0.229 e. The lowest BCUT2D eigenvalue weighted by molar-refractivity contribution is 0.414. The summed E-state index contributed by atoms with van der Waals surface area (Å²) >= 11 is 6.13. The maximum atomic E-state index is 11.2. The van der Waals surface area contributed by atoms with Crippen molar-refractivity contribution in [2.75, 3.05) is 29.4 Å². The number of nitrogens with one attached hydrogen (secondary N) is 3. The van der Waals surface area contributed by atoms with Crippen molar-refractivity contribution >= 4 is 33.0 Å². The number of benzene rings is 1. The van der Waals surface area contributed by atoms with Crippen LogP contribution in [0.1, 0.15) is 19.3 Å². The Kier molecular flexibility index (Phi) is 5.12. The van der Waals surface area contributed by atoms with Crippen molar-refractivity contribution in [2.45, 2.75) is 25.3 Å². The average molecular weight is 318 g/mol. The van der Waals surface area contributed by atoms with Gasteiger partial charge >= 0.3 is 0 Å². The Morgan fingerprint density at radius 1 is 1.40 bits per heavy atom. The first-order valence-electron chi connectivity index (χ1n) is 6.69. The zero-order valence-corrected chi connectivity index (χ0v) is 13.0. The highest BCUT2D eigenvalue weighted by molar-refractivity contribution is 7.92. The van der Waals surface area contributed by atoms with Gasteiger partial charge in [0.05, 0.1) is 22.7 Å². The summed E-state index contributed by atoms with van der Waals surface area (Å²) in [6.07, 6.45) is 4.74. The Morgan fingerprint density at radius 2 is 2.20 bits per heavy atom. The first-order chi connectivity index (χ1) is 9.44. The zero-order chi connectivity index (χ0) is 14.6. The SMILES string of the molecule is CS(=O)(=O)Nc1ccc(Cl)c(NCC2CCCCN2)c1. The molecule has 3 N–H and O–H groups in total. The lowest BCUT2D eigenvalue weighted by atomic mass is 10.1. The minimum atomic E-state index is -3.28. The van der Waals surface area contributed by atoms with E-state index in [1.54, 1.807) is 18.2 Å². The van der Waals surface area contributed by atoms with Crippen LogP contribution in [-0.4, -0.2) is 33.8 Å². The number of piperidine rings is 1. The van der Waals surface area contributed by atoms with Gasteiger partial charge < -0.3 is 10.6 Å². The van der Waals surface area contributed by atoms with Gasteiger partial charge in [-0.15, -0.1) is 0 Å². The van der Waals surface area contributed by atoms with Crippen molar-refractivity contribution in [3.05, 3.63) is 23.2 Å². The van der Waals surface area contributed by atoms with E-state index in [-0.39, 0.29) is 0 Å². The third kappa shape index (κ3) is 4.85. The summed E-state index contributed by atoms with van der Waals surface area (Å²) in [5, 5.41) is 7.31. The van der Waals surface area contributed by atoms with Gasteiger partial charge in [0.1, 0.15) is 0 Å². The summed E-state index contributed by atoms with van der Waals surface area (Å²) < 4.78 is 24.9. The molecular weight excluding hydrogens is 298 g/mol. The fraction of sp³-hybridized carbons (Fsp3) is 0.538. The largest absolute Gasteiger partial charge is 0.382 e. The van der Waals surface area contributed by atoms with Crippen molar-refractivity contribution in [2.24, 2.45) is 0 Å². The number of halogens is 1. The lowest BCUT2D eigenvalue weighted by Crippen LogP contribution is -2.39. The highest BCUT2D eigenvalue weighted by Crippen LogP contribution is 2.26. The first-order valence-corrected chi connectivity index (χ1v) is 8.95. The minimum Gasteiger partial charge on any atom is -0.382 e. The number of sulfonamides is 1. The Labute approximate surface area is 125 Å². The molecule has 1 atom stereocenters. The highest BCUT2D eigenvalue weighted by atomic mass is 35.5. The van der Waals surface area contributed by atoms with Crippen molar-refractivity contribution in [3.63, 3.8) is 0 Å². The van der Waals surface area contributed by atoms with Crippen LogP contribution in [0.25, 0.3) is 0 Å². The third-order valence-corrected chi connectivity index (χ3v) is 4.16. The van der Waals surface area contributed by atoms with Crippen molar-refractivity contribution in [3.8, 4) is 0 Å². The van der Waals surface area contributed by atoms with E-state index >= 15 is 0 Å². The monoisotopic (exact) mass is 317 g/mol. The van der Waals surface area contributed by atoms with Gasteiger partial charge in [0.2, 0.25) is 10.0 Å². The van der Waals surface area contributed by atoms with Gasteiger partial charge in [0, 0.05) is 12.6 Å². The molecule has 20 heavy (non-hydrogen) atoms. The average Bonchev–Trinajstić information content (AvgIpc) is 2.39. The molecule has 1 aromatic rings. The molecule has 2 rings (SSSR count). The Balaban J connectivity index is 2.00. The van der Waals surface area contributed by atoms with E-state index in [1.165, 1.54) is 12.8 Å². The Hall–Kier alpha value is -0.980. The van der Waals surface area contributed by atoms with E-state index in [0.717, 1.165) is 31.5 Å². The second-order valence-electron chi connectivity index (χ2n) is 5.10. The van der Waals surface area contributed by atoms with Crippen molar-refractivity contribution < 1.29 is 8.42 Å². The quantitative estimate of drug-likeness (QED) is 0.779. The zero-order valence-electron chi connectivity index (χ0n) is 11.4. The fourth-order valence-corrected chi connectivity index (χ4v) is 3.01. The van der Waals surface area contributed by atoms with E-state index in [1.807, 2.05) is 0 Å². The predicted octanol–water partition coefficient (Wildman–Crippen LogP) is 2.27. The molecule has 1 aliphatic heterocycles. The minimum absolute atomic E-state index is 0.436. The molecule has 1 heterocycles. The van der Waals surface area contributed by atoms with Crippen LogP contribution in [0, 0.1) is 0 Å². The maximum Gasteiger partial charge on any atom is 0.229 e. The normalized spacial score (nSPS) is 19.6. The summed E-state index contributed by atoms with van der Waals surface area (Å²) in [6.45, 7) is 1.83. The van der Waals surface area contributed by atoms with Crippen molar-refractivity contribution in [1.29, 1.82) is 0 Å². The molecule has 1 unspecified atom stereocenters. The molecule has 1 aromatic carbocycles. The third-order valence-electron chi connectivity index (χ3n) is 3.22. The van der Waals surface area contributed by atoms with Gasteiger partial charge in [-0.2, -0.15) is 0 Å². The van der Waals surface area contributed by atoms with E-state index in [2.05, 4.69) is 15.4 Å². The summed E-state index contributed by atoms with van der Waals surface area (Å²) in [4.78, 5) is 0. The van der Waals surface area contributed by atoms with Gasteiger partial charge in [-0.25, -0.2) is 8.42 Å². The molecule has 0 amide bonds. The summed E-state index contributed by atoms with van der Waals surface area (Å²) in [7, 11) is -3.28. The molecule has 1 aliphatic rings. The molecule has 0 aliphatic carbocycles. The Morgan fingerprint density at radius 3 is 2.85 bits per heavy atom.